The molecule has 87 valence electrons. The zero-order valence-corrected chi connectivity index (χ0v) is 9.89. The Kier molecular flexibility index (Phi) is 3.97. The molecule has 0 spiro atoms. The molecule has 0 atom stereocenters. The first kappa shape index (κ1) is 11.6. The lowest BCUT2D eigenvalue weighted by molar-refractivity contribution is 0.0851. The number of likely N-dealkylation sites (tertiary alicyclic amines) is 1. The van der Waals surface area contributed by atoms with Crippen molar-refractivity contribution in [3.05, 3.63) is 42.1 Å². The van der Waals surface area contributed by atoms with Crippen LogP contribution in [0.1, 0.15) is 25.3 Å². The lowest BCUT2D eigenvalue weighted by Crippen LogP contribution is -2.36. The number of hydrogen-bond donors (Lipinski definition) is 1. The topological polar surface area (TPSA) is 23.5 Å². The number of rotatable bonds is 3. The van der Waals surface area contributed by atoms with Crippen LogP contribution < -0.4 is 0 Å². The zero-order valence-electron chi connectivity index (χ0n) is 9.89. The summed E-state index contributed by atoms with van der Waals surface area (Å²) in [5.74, 6) is 0.776. The fourth-order valence-corrected chi connectivity index (χ4v) is 2.41. The quantitative estimate of drug-likeness (QED) is 0.843. The minimum Gasteiger partial charge on any atom is -0.371 e. The molecule has 0 amide bonds. The minimum absolute atomic E-state index is 0.471. The molecule has 1 N–H and O–H groups in total. The molecule has 0 aliphatic carbocycles. The molecule has 0 saturated carbocycles. The van der Waals surface area contributed by atoms with Gasteiger partial charge in [-0.05, 0) is 37.7 Å². The van der Waals surface area contributed by atoms with Gasteiger partial charge in [-0.1, -0.05) is 30.3 Å². The van der Waals surface area contributed by atoms with E-state index >= 15 is 0 Å². The van der Waals surface area contributed by atoms with Crippen molar-refractivity contribution in [1.29, 1.82) is 0 Å². The number of benzene rings is 1. The Morgan fingerprint density at radius 2 is 1.88 bits per heavy atom. The van der Waals surface area contributed by atoms with Gasteiger partial charge in [0.2, 0.25) is 0 Å². The molecule has 1 aromatic carbocycles. The van der Waals surface area contributed by atoms with Crippen molar-refractivity contribution in [1.82, 2.24) is 4.90 Å². The number of piperidine rings is 1. The summed E-state index contributed by atoms with van der Waals surface area (Å²) in [7, 11) is 0. The molecule has 16 heavy (non-hydrogen) atoms. The normalized spacial score (nSPS) is 19.2. The van der Waals surface area contributed by atoms with Crippen molar-refractivity contribution in [2.45, 2.75) is 26.2 Å². The third kappa shape index (κ3) is 3.06. The number of aliphatic hydroxyl groups is 1. The van der Waals surface area contributed by atoms with Crippen molar-refractivity contribution in [2.24, 2.45) is 5.92 Å². The van der Waals surface area contributed by atoms with Crippen LogP contribution in [0.5, 0.6) is 0 Å². The van der Waals surface area contributed by atoms with E-state index < -0.39 is 0 Å². The molecule has 1 radical (unpaired) electrons. The second-order valence-corrected chi connectivity index (χ2v) is 4.67. The number of nitrogens with zero attached hydrogens (tertiary/aromatic N) is 1. The molecule has 2 rings (SSSR count). The second-order valence-electron chi connectivity index (χ2n) is 4.67. The van der Waals surface area contributed by atoms with Crippen LogP contribution in [0.25, 0.3) is 0 Å². The van der Waals surface area contributed by atoms with Crippen molar-refractivity contribution >= 4 is 0 Å². The van der Waals surface area contributed by atoms with E-state index in [1.54, 1.807) is 6.92 Å². The Hall–Kier alpha value is -0.860. The number of aliphatic hydroxyl groups excluding tert-OH is 1. The SMILES string of the molecule is C[C](O)N1CCC(Cc2ccccc2)CC1. The van der Waals surface area contributed by atoms with Crippen LogP contribution in [-0.2, 0) is 6.42 Å². The maximum atomic E-state index is 9.40. The molecule has 1 heterocycles. The molecular weight excluding hydrogens is 198 g/mol. The first-order valence-electron chi connectivity index (χ1n) is 6.07. The van der Waals surface area contributed by atoms with Gasteiger partial charge in [-0.3, -0.25) is 4.90 Å². The summed E-state index contributed by atoms with van der Waals surface area (Å²) >= 11 is 0. The van der Waals surface area contributed by atoms with Crippen molar-refractivity contribution in [2.75, 3.05) is 13.1 Å². The van der Waals surface area contributed by atoms with E-state index in [2.05, 4.69) is 35.2 Å². The van der Waals surface area contributed by atoms with Crippen LogP contribution in [0.15, 0.2) is 30.3 Å². The Bertz CT molecular complexity index is 302. The predicted octanol–water partition coefficient (Wildman–Crippen LogP) is 2.82. The molecule has 1 aromatic rings. The van der Waals surface area contributed by atoms with Crippen molar-refractivity contribution in [3.8, 4) is 0 Å². The van der Waals surface area contributed by atoms with Gasteiger partial charge in [-0.2, -0.15) is 0 Å². The Morgan fingerprint density at radius 3 is 2.44 bits per heavy atom. The van der Waals surface area contributed by atoms with Crippen LogP contribution in [0.4, 0.5) is 0 Å². The van der Waals surface area contributed by atoms with Crippen molar-refractivity contribution in [3.63, 3.8) is 0 Å². The van der Waals surface area contributed by atoms with Crippen LogP contribution >= 0.6 is 0 Å². The second kappa shape index (κ2) is 5.46. The molecule has 0 bridgehead atoms. The number of hydrogen-bond acceptors (Lipinski definition) is 2. The third-order valence-corrected chi connectivity index (χ3v) is 3.44. The molecule has 1 fully saturated rings. The Balaban J connectivity index is 1.82. The van der Waals surface area contributed by atoms with Gasteiger partial charge in [0, 0.05) is 13.1 Å². The first-order valence-corrected chi connectivity index (χ1v) is 6.07. The van der Waals surface area contributed by atoms with E-state index in [0.717, 1.165) is 19.0 Å². The predicted molar refractivity (Wildman–Crippen MR) is 65.3 cm³/mol. The summed E-state index contributed by atoms with van der Waals surface area (Å²) in [4.78, 5) is 2.07. The highest BCUT2D eigenvalue weighted by atomic mass is 16.3. The molecular formula is C14H20NO. The lowest BCUT2D eigenvalue weighted by atomic mass is 9.90. The average Bonchev–Trinajstić information content (AvgIpc) is 2.31. The van der Waals surface area contributed by atoms with E-state index in [-0.39, 0.29) is 0 Å². The molecule has 1 aliphatic rings. The highest BCUT2D eigenvalue weighted by Crippen LogP contribution is 2.23. The average molecular weight is 218 g/mol. The van der Waals surface area contributed by atoms with Gasteiger partial charge in [0.1, 0.15) is 0 Å². The van der Waals surface area contributed by atoms with E-state index in [9.17, 15) is 5.11 Å². The summed E-state index contributed by atoms with van der Waals surface area (Å²) in [6, 6.07) is 10.7. The van der Waals surface area contributed by atoms with Gasteiger partial charge in [0.15, 0.2) is 6.23 Å². The maximum Gasteiger partial charge on any atom is 0.158 e. The maximum absolute atomic E-state index is 9.40. The van der Waals surface area contributed by atoms with Gasteiger partial charge in [0.25, 0.3) is 0 Å². The van der Waals surface area contributed by atoms with Crippen LogP contribution in [0.3, 0.4) is 0 Å². The standard InChI is InChI=1S/C14H20NO/c1-12(16)15-9-7-14(8-10-15)11-13-5-3-2-4-6-13/h2-6,14,16H,7-11H2,1H3. The molecule has 1 aliphatic heterocycles. The summed E-state index contributed by atoms with van der Waals surface area (Å²) in [6.07, 6.45) is 4.02. The Morgan fingerprint density at radius 1 is 1.25 bits per heavy atom. The minimum atomic E-state index is 0.471. The van der Waals surface area contributed by atoms with Crippen LogP contribution in [0, 0.1) is 12.1 Å². The third-order valence-electron chi connectivity index (χ3n) is 3.44. The first-order chi connectivity index (χ1) is 7.75. The lowest BCUT2D eigenvalue weighted by Gasteiger charge is -2.33. The summed E-state index contributed by atoms with van der Waals surface area (Å²) in [6.45, 7) is 3.77. The van der Waals surface area contributed by atoms with E-state index in [0.29, 0.717) is 6.23 Å². The summed E-state index contributed by atoms with van der Waals surface area (Å²) in [5, 5.41) is 9.40. The van der Waals surface area contributed by atoms with Crippen LogP contribution in [0.2, 0.25) is 0 Å². The van der Waals surface area contributed by atoms with Gasteiger partial charge in [-0.25, -0.2) is 0 Å². The fraction of sp³-hybridized carbons (Fsp3) is 0.500. The van der Waals surface area contributed by atoms with Gasteiger partial charge >= 0.3 is 0 Å². The summed E-state index contributed by atoms with van der Waals surface area (Å²) in [5.41, 5.74) is 1.44. The largest absolute Gasteiger partial charge is 0.371 e. The van der Waals surface area contributed by atoms with Gasteiger partial charge < -0.3 is 5.11 Å². The van der Waals surface area contributed by atoms with E-state index in [1.165, 1.54) is 24.8 Å². The highest BCUT2D eigenvalue weighted by Gasteiger charge is 2.22. The Labute approximate surface area is 97.9 Å². The van der Waals surface area contributed by atoms with Crippen molar-refractivity contribution < 1.29 is 5.11 Å². The zero-order chi connectivity index (χ0) is 11.4. The van der Waals surface area contributed by atoms with Gasteiger partial charge in [-0.15, -0.1) is 0 Å². The van der Waals surface area contributed by atoms with Gasteiger partial charge in [0.05, 0.1) is 0 Å². The highest BCUT2D eigenvalue weighted by molar-refractivity contribution is 5.15. The molecule has 1 saturated heterocycles. The smallest absolute Gasteiger partial charge is 0.158 e. The monoisotopic (exact) mass is 218 g/mol. The summed E-state index contributed by atoms with van der Waals surface area (Å²) < 4.78 is 0. The van der Waals surface area contributed by atoms with E-state index in [4.69, 9.17) is 0 Å². The molecule has 2 nitrogen and oxygen atoms in total. The molecule has 0 aromatic heterocycles. The van der Waals surface area contributed by atoms with Crippen LogP contribution in [-0.4, -0.2) is 23.1 Å². The fourth-order valence-electron chi connectivity index (χ4n) is 2.41. The molecule has 0 unspecified atom stereocenters. The van der Waals surface area contributed by atoms with E-state index in [1.807, 2.05) is 0 Å². The molecule has 2 heteroatoms.